The molecule has 0 amide bonds. The van der Waals surface area contributed by atoms with Crippen LogP contribution >= 0.6 is 11.8 Å². The van der Waals surface area contributed by atoms with Crippen LogP contribution in [-0.4, -0.2) is 15.1 Å². The molecule has 3 nitrogen and oxygen atoms in total. The van der Waals surface area contributed by atoms with Gasteiger partial charge in [0.05, 0.1) is 6.61 Å². The van der Waals surface area contributed by atoms with Crippen LogP contribution in [0.5, 0.6) is 0 Å². The van der Waals surface area contributed by atoms with Crippen molar-refractivity contribution in [1.82, 2.24) is 9.97 Å². The van der Waals surface area contributed by atoms with Crippen LogP contribution < -0.4 is 0 Å². The molecular weight excluding hydrogens is 232 g/mol. The maximum Gasteiger partial charge on any atom is 0.192 e. The number of aliphatic hydroxyl groups is 1. The lowest BCUT2D eigenvalue weighted by Crippen LogP contribution is -1.90. The Morgan fingerprint density at radius 1 is 1.18 bits per heavy atom. The standard InChI is InChI=1S/C13H14N2OS/c1-9-6-14-13(15-7-9)17-12-4-3-11(8-16)10(2)5-12/h3-7,16H,8H2,1-2H3. The Bertz CT molecular complexity index is 511. The van der Waals surface area contributed by atoms with Gasteiger partial charge in [0.1, 0.15) is 0 Å². The quantitative estimate of drug-likeness (QED) is 0.846. The minimum absolute atomic E-state index is 0.0812. The molecule has 17 heavy (non-hydrogen) atoms. The van der Waals surface area contributed by atoms with Crippen molar-refractivity contribution >= 4 is 11.8 Å². The number of aryl methyl sites for hydroxylation is 2. The summed E-state index contributed by atoms with van der Waals surface area (Å²) in [5.74, 6) is 0. The molecular formula is C13H14N2OS. The zero-order valence-electron chi connectivity index (χ0n) is 9.84. The van der Waals surface area contributed by atoms with E-state index in [0.717, 1.165) is 26.7 Å². The van der Waals surface area contributed by atoms with Crippen LogP contribution in [0.15, 0.2) is 40.6 Å². The molecule has 2 rings (SSSR count). The molecule has 0 saturated carbocycles. The molecule has 1 aromatic carbocycles. The molecule has 88 valence electrons. The highest BCUT2D eigenvalue weighted by atomic mass is 32.2. The van der Waals surface area contributed by atoms with Gasteiger partial charge in [0.2, 0.25) is 0 Å². The SMILES string of the molecule is Cc1cnc(Sc2ccc(CO)c(C)c2)nc1. The molecule has 1 aromatic heterocycles. The summed E-state index contributed by atoms with van der Waals surface area (Å²) in [4.78, 5) is 9.58. The summed E-state index contributed by atoms with van der Waals surface area (Å²) in [5, 5.41) is 9.84. The number of rotatable bonds is 3. The van der Waals surface area contributed by atoms with Gasteiger partial charge < -0.3 is 5.11 Å². The van der Waals surface area contributed by atoms with Crippen molar-refractivity contribution in [2.24, 2.45) is 0 Å². The van der Waals surface area contributed by atoms with Gasteiger partial charge in [0.25, 0.3) is 0 Å². The van der Waals surface area contributed by atoms with E-state index in [9.17, 15) is 0 Å². The number of hydrogen-bond acceptors (Lipinski definition) is 4. The number of benzene rings is 1. The molecule has 2 aromatic rings. The zero-order chi connectivity index (χ0) is 12.3. The van der Waals surface area contributed by atoms with Gasteiger partial charge >= 0.3 is 0 Å². The second-order valence-corrected chi connectivity index (χ2v) is 4.93. The van der Waals surface area contributed by atoms with E-state index < -0.39 is 0 Å². The maximum atomic E-state index is 9.10. The first kappa shape index (κ1) is 12.1. The molecule has 0 aliphatic carbocycles. The van der Waals surface area contributed by atoms with E-state index in [1.165, 1.54) is 11.8 Å². The van der Waals surface area contributed by atoms with E-state index in [2.05, 4.69) is 9.97 Å². The van der Waals surface area contributed by atoms with Gasteiger partial charge in [-0.15, -0.1) is 0 Å². The molecule has 0 bridgehead atoms. The van der Waals surface area contributed by atoms with Gasteiger partial charge in [-0.25, -0.2) is 9.97 Å². The van der Waals surface area contributed by atoms with Gasteiger partial charge in [-0.2, -0.15) is 0 Å². The van der Waals surface area contributed by atoms with Crippen molar-refractivity contribution in [2.45, 2.75) is 30.5 Å². The Kier molecular flexibility index (Phi) is 3.76. The minimum Gasteiger partial charge on any atom is -0.392 e. The lowest BCUT2D eigenvalue weighted by Gasteiger charge is -2.05. The Balaban J connectivity index is 2.19. The average Bonchev–Trinajstić information content (AvgIpc) is 2.32. The average molecular weight is 246 g/mol. The third-order valence-corrected chi connectivity index (χ3v) is 3.33. The summed E-state index contributed by atoms with van der Waals surface area (Å²) in [6.07, 6.45) is 3.62. The van der Waals surface area contributed by atoms with Crippen LogP contribution in [-0.2, 0) is 6.61 Å². The van der Waals surface area contributed by atoms with Crippen molar-refractivity contribution in [2.75, 3.05) is 0 Å². The minimum atomic E-state index is 0.0812. The zero-order valence-corrected chi connectivity index (χ0v) is 10.7. The Morgan fingerprint density at radius 2 is 1.88 bits per heavy atom. The van der Waals surface area contributed by atoms with Crippen molar-refractivity contribution < 1.29 is 5.11 Å². The molecule has 0 saturated heterocycles. The normalized spacial score (nSPS) is 10.5. The highest BCUT2D eigenvalue weighted by Gasteiger charge is 2.03. The molecule has 0 spiro atoms. The van der Waals surface area contributed by atoms with E-state index in [1.54, 1.807) is 0 Å². The smallest absolute Gasteiger partial charge is 0.192 e. The first-order chi connectivity index (χ1) is 8.19. The molecule has 0 aliphatic heterocycles. The predicted molar refractivity (Wildman–Crippen MR) is 68.0 cm³/mol. The molecule has 0 unspecified atom stereocenters. The van der Waals surface area contributed by atoms with E-state index in [1.807, 2.05) is 44.4 Å². The number of nitrogens with zero attached hydrogens (tertiary/aromatic N) is 2. The number of aromatic nitrogens is 2. The van der Waals surface area contributed by atoms with Gasteiger partial charge in [-0.1, -0.05) is 6.07 Å². The van der Waals surface area contributed by atoms with Crippen molar-refractivity contribution in [3.8, 4) is 0 Å². The van der Waals surface area contributed by atoms with Gasteiger partial charge in [0, 0.05) is 17.3 Å². The summed E-state index contributed by atoms with van der Waals surface area (Å²) < 4.78 is 0. The molecule has 0 aliphatic rings. The maximum absolute atomic E-state index is 9.10. The molecule has 1 heterocycles. The number of hydrogen-bond donors (Lipinski definition) is 1. The Morgan fingerprint density at radius 3 is 2.47 bits per heavy atom. The fourth-order valence-corrected chi connectivity index (χ4v) is 2.24. The van der Waals surface area contributed by atoms with Gasteiger partial charge in [-0.3, -0.25) is 0 Å². The van der Waals surface area contributed by atoms with Crippen molar-refractivity contribution in [3.05, 3.63) is 47.3 Å². The Labute approximate surface area is 105 Å². The third-order valence-electron chi connectivity index (χ3n) is 2.45. The van der Waals surface area contributed by atoms with Gasteiger partial charge in [-0.05, 0) is 54.4 Å². The molecule has 0 fully saturated rings. The van der Waals surface area contributed by atoms with Crippen LogP contribution in [0.2, 0.25) is 0 Å². The van der Waals surface area contributed by atoms with Crippen LogP contribution in [0, 0.1) is 13.8 Å². The van der Waals surface area contributed by atoms with Crippen LogP contribution in [0.25, 0.3) is 0 Å². The highest BCUT2D eigenvalue weighted by molar-refractivity contribution is 7.99. The van der Waals surface area contributed by atoms with Gasteiger partial charge in [0.15, 0.2) is 5.16 Å². The van der Waals surface area contributed by atoms with E-state index in [4.69, 9.17) is 5.11 Å². The Hall–Kier alpha value is -1.39. The molecule has 4 heteroatoms. The summed E-state index contributed by atoms with van der Waals surface area (Å²) in [6, 6.07) is 5.96. The topological polar surface area (TPSA) is 46.0 Å². The molecule has 0 atom stereocenters. The van der Waals surface area contributed by atoms with E-state index in [-0.39, 0.29) is 6.61 Å². The predicted octanol–water partition coefficient (Wildman–Crippen LogP) is 2.74. The monoisotopic (exact) mass is 246 g/mol. The summed E-state index contributed by atoms with van der Waals surface area (Å²) in [6.45, 7) is 4.04. The summed E-state index contributed by atoms with van der Waals surface area (Å²) in [7, 11) is 0. The van der Waals surface area contributed by atoms with E-state index >= 15 is 0 Å². The lowest BCUT2D eigenvalue weighted by atomic mass is 10.1. The van der Waals surface area contributed by atoms with Crippen molar-refractivity contribution in [3.63, 3.8) is 0 Å². The second-order valence-electron chi connectivity index (χ2n) is 3.89. The molecule has 0 radical (unpaired) electrons. The number of aliphatic hydroxyl groups excluding tert-OH is 1. The highest BCUT2D eigenvalue weighted by Crippen LogP contribution is 2.26. The van der Waals surface area contributed by atoms with Crippen LogP contribution in [0.3, 0.4) is 0 Å². The van der Waals surface area contributed by atoms with Crippen LogP contribution in [0.1, 0.15) is 16.7 Å². The summed E-state index contributed by atoms with van der Waals surface area (Å²) in [5.41, 5.74) is 3.10. The summed E-state index contributed by atoms with van der Waals surface area (Å²) >= 11 is 1.53. The van der Waals surface area contributed by atoms with Crippen LogP contribution in [0.4, 0.5) is 0 Å². The fraction of sp³-hybridized carbons (Fsp3) is 0.231. The fourth-order valence-electron chi connectivity index (χ4n) is 1.45. The first-order valence-corrected chi connectivity index (χ1v) is 6.17. The van der Waals surface area contributed by atoms with E-state index in [0.29, 0.717) is 0 Å². The lowest BCUT2D eigenvalue weighted by molar-refractivity contribution is 0.281. The van der Waals surface area contributed by atoms with Crippen molar-refractivity contribution in [1.29, 1.82) is 0 Å². The third kappa shape index (κ3) is 3.05. The largest absolute Gasteiger partial charge is 0.392 e. The second kappa shape index (κ2) is 5.29. The molecule has 1 N–H and O–H groups in total. The first-order valence-electron chi connectivity index (χ1n) is 5.36.